The fourth-order valence-corrected chi connectivity index (χ4v) is 5.82. The molecule has 126 valence electrons. The van der Waals surface area contributed by atoms with E-state index >= 15 is 0 Å². The number of hydrogen-bond donors (Lipinski definition) is 0. The van der Waals surface area contributed by atoms with Gasteiger partial charge in [-0.05, 0) is 86.4 Å². The van der Waals surface area contributed by atoms with Gasteiger partial charge in [0.1, 0.15) is 0 Å². The van der Waals surface area contributed by atoms with Crippen molar-refractivity contribution < 1.29 is 0 Å². The Morgan fingerprint density at radius 1 is 1.00 bits per heavy atom. The third kappa shape index (κ3) is 2.86. The number of nitrogens with zero attached hydrogens (tertiary/aromatic N) is 1. The largest absolute Gasteiger partial charge is 0.300 e. The van der Waals surface area contributed by atoms with E-state index in [9.17, 15) is 0 Å². The van der Waals surface area contributed by atoms with Crippen LogP contribution in [0.25, 0.3) is 0 Å². The Balaban J connectivity index is 1.49. The maximum atomic E-state index is 2.86. The summed E-state index contributed by atoms with van der Waals surface area (Å²) in [5, 5.41) is 0. The van der Waals surface area contributed by atoms with Crippen molar-refractivity contribution in [2.75, 3.05) is 13.1 Å². The van der Waals surface area contributed by atoms with E-state index in [1.165, 1.54) is 64.5 Å². The van der Waals surface area contributed by atoms with Crippen molar-refractivity contribution in [2.45, 2.75) is 76.7 Å². The molecule has 0 unspecified atom stereocenters. The van der Waals surface area contributed by atoms with Crippen LogP contribution in [0.5, 0.6) is 0 Å². The Bertz CT molecular complexity index is 541. The summed E-state index contributed by atoms with van der Waals surface area (Å²) in [5.74, 6) is 1.83. The van der Waals surface area contributed by atoms with Crippen LogP contribution in [0, 0.1) is 11.8 Å². The lowest BCUT2D eigenvalue weighted by atomic mass is 9.64. The van der Waals surface area contributed by atoms with Gasteiger partial charge in [0, 0.05) is 6.04 Å². The molecule has 2 fully saturated rings. The number of benzene rings is 1. The first-order valence-corrected chi connectivity index (χ1v) is 10.0. The van der Waals surface area contributed by atoms with Gasteiger partial charge in [0.05, 0.1) is 0 Å². The molecule has 0 N–H and O–H groups in total. The van der Waals surface area contributed by atoms with Crippen LogP contribution in [-0.4, -0.2) is 24.0 Å². The molecule has 1 aromatic rings. The standard InChI is InChI=1S/C22H33N/c1-17-9-10-18(2)21(16-17)23-14-12-22(13-15-23)11-5-7-19-6-3-4-8-20(19)22/h3-4,6,8,17-18,21H,5,7,9-16H2,1-2H3/t17-,18+,21+/m0/s1. The van der Waals surface area contributed by atoms with Crippen molar-refractivity contribution in [2.24, 2.45) is 11.8 Å². The third-order valence-electron chi connectivity index (χ3n) is 7.33. The second-order valence-corrected chi connectivity index (χ2v) is 8.79. The molecular weight excluding hydrogens is 278 g/mol. The van der Waals surface area contributed by atoms with E-state index in [4.69, 9.17) is 0 Å². The summed E-state index contributed by atoms with van der Waals surface area (Å²) < 4.78 is 0. The Kier molecular flexibility index (Phi) is 4.26. The predicted octanol–water partition coefficient (Wildman–Crippen LogP) is 5.18. The quantitative estimate of drug-likeness (QED) is 0.690. The lowest BCUT2D eigenvalue weighted by molar-refractivity contribution is 0.0462. The van der Waals surface area contributed by atoms with Crippen LogP contribution in [0.15, 0.2) is 24.3 Å². The first-order valence-electron chi connectivity index (χ1n) is 10.0. The van der Waals surface area contributed by atoms with Crippen molar-refractivity contribution in [1.29, 1.82) is 0 Å². The highest BCUT2D eigenvalue weighted by Gasteiger charge is 2.41. The van der Waals surface area contributed by atoms with Gasteiger partial charge in [-0.25, -0.2) is 0 Å². The van der Waals surface area contributed by atoms with Gasteiger partial charge >= 0.3 is 0 Å². The molecular formula is C22H33N. The van der Waals surface area contributed by atoms with Gasteiger partial charge in [-0.2, -0.15) is 0 Å². The van der Waals surface area contributed by atoms with Crippen LogP contribution in [0.4, 0.5) is 0 Å². The molecule has 1 heteroatoms. The monoisotopic (exact) mass is 311 g/mol. The minimum absolute atomic E-state index is 0.509. The average Bonchev–Trinajstić information content (AvgIpc) is 2.59. The number of likely N-dealkylation sites (tertiary alicyclic amines) is 1. The molecule has 1 nitrogen and oxygen atoms in total. The Morgan fingerprint density at radius 2 is 1.78 bits per heavy atom. The van der Waals surface area contributed by atoms with Crippen LogP contribution in [-0.2, 0) is 11.8 Å². The second kappa shape index (κ2) is 6.24. The molecule has 0 aromatic heterocycles. The highest BCUT2D eigenvalue weighted by molar-refractivity contribution is 5.37. The smallest absolute Gasteiger partial charge is 0.0123 e. The maximum Gasteiger partial charge on any atom is 0.0123 e. The van der Waals surface area contributed by atoms with E-state index in [1.807, 2.05) is 0 Å². The molecule has 3 aliphatic rings. The van der Waals surface area contributed by atoms with Gasteiger partial charge in [-0.15, -0.1) is 0 Å². The lowest BCUT2D eigenvalue weighted by Crippen LogP contribution is -2.51. The van der Waals surface area contributed by atoms with Crippen molar-refractivity contribution in [3.8, 4) is 0 Å². The van der Waals surface area contributed by atoms with Crippen LogP contribution >= 0.6 is 0 Å². The molecule has 3 atom stereocenters. The summed E-state index contributed by atoms with van der Waals surface area (Å²) in [4.78, 5) is 2.86. The van der Waals surface area contributed by atoms with Gasteiger partial charge in [0.2, 0.25) is 0 Å². The molecule has 0 bridgehead atoms. The summed E-state index contributed by atoms with van der Waals surface area (Å²) in [7, 11) is 0. The summed E-state index contributed by atoms with van der Waals surface area (Å²) in [6, 6.07) is 10.2. The maximum absolute atomic E-state index is 2.86. The molecule has 1 saturated heterocycles. The lowest BCUT2D eigenvalue weighted by Gasteiger charge is -2.49. The fourth-order valence-electron chi connectivity index (χ4n) is 5.82. The number of fused-ring (bicyclic) bond motifs is 2. The molecule has 23 heavy (non-hydrogen) atoms. The third-order valence-corrected chi connectivity index (χ3v) is 7.33. The number of hydrogen-bond acceptors (Lipinski definition) is 1. The van der Waals surface area contributed by atoms with E-state index in [-0.39, 0.29) is 0 Å². The van der Waals surface area contributed by atoms with Crippen LogP contribution in [0.2, 0.25) is 0 Å². The minimum atomic E-state index is 0.509. The summed E-state index contributed by atoms with van der Waals surface area (Å²) in [6.07, 6.45) is 11.2. The topological polar surface area (TPSA) is 3.24 Å². The molecule has 0 amide bonds. The minimum Gasteiger partial charge on any atom is -0.300 e. The van der Waals surface area contributed by atoms with E-state index < -0.39 is 0 Å². The first kappa shape index (κ1) is 15.7. The van der Waals surface area contributed by atoms with Crippen LogP contribution in [0.1, 0.15) is 69.9 Å². The van der Waals surface area contributed by atoms with Crippen LogP contribution < -0.4 is 0 Å². The van der Waals surface area contributed by atoms with Gasteiger partial charge in [0.15, 0.2) is 0 Å². The van der Waals surface area contributed by atoms with E-state index in [0.717, 1.165) is 17.9 Å². The van der Waals surface area contributed by atoms with E-state index in [1.54, 1.807) is 11.1 Å². The molecule has 1 aliphatic heterocycles. The molecule has 0 radical (unpaired) electrons. The molecule has 4 rings (SSSR count). The van der Waals surface area contributed by atoms with Crippen molar-refractivity contribution >= 4 is 0 Å². The van der Waals surface area contributed by atoms with E-state index in [0.29, 0.717) is 5.41 Å². The molecule has 1 heterocycles. The molecule has 2 aliphatic carbocycles. The van der Waals surface area contributed by atoms with Crippen molar-refractivity contribution in [3.63, 3.8) is 0 Å². The zero-order valence-corrected chi connectivity index (χ0v) is 15.1. The Hall–Kier alpha value is -0.820. The summed E-state index contributed by atoms with van der Waals surface area (Å²) in [5.41, 5.74) is 3.86. The number of aryl methyl sites for hydroxylation is 1. The Labute approximate surface area is 142 Å². The van der Waals surface area contributed by atoms with Gasteiger partial charge in [0.25, 0.3) is 0 Å². The van der Waals surface area contributed by atoms with Crippen molar-refractivity contribution in [3.05, 3.63) is 35.4 Å². The second-order valence-electron chi connectivity index (χ2n) is 8.79. The molecule has 1 aromatic carbocycles. The first-order chi connectivity index (χ1) is 11.2. The van der Waals surface area contributed by atoms with Crippen LogP contribution in [0.3, 0.4) is 0 Å². The normalized spacial score (nSPS) is 34.3. The van der Waals surface area contributed by atoms with Gasteiger partial charge in [-0.1, -0.05) is 44.5 Å². The Morgan fingerprint density at radius 3 is 2.61 bits per heavy atom. The predicted molar refractivity (Wildman–Crippen MR) is 97.8 cm³/mol. The number of rotatable bonds is 1. The molecule has 1 saturated carbocycles. The SMILES string of the molecule is C[C@H]1CC[C@@H](C)[C@H](N2CCC3(CCCc4ccccc43)CC2)C1. The van der Waals surface area contributed by atoms with E-state index in [2.05, 4.69) is 43.0 Å². The average molecular weight is 312 g/mol. The zero-order valence-electron chi connectivity index (χ0n) is 15.1. The van der Waals surface area contributed by atoms with Gasteiger partial charge < -0.3 is 4.90 Å². The fraction of sp³-hybridized carbons (Fsp3) is 0.727. The summed E-state index contributed by atoms with van der Waals surface area (Å²) >= 11 is 0. The highest BCUT2D eigenvalue weighted by atomic mass is 15.2. The van der Waals surface area contributed by atoms with Gasteiger partial charge in [-0.3, -0.25) is 0 Å². The molecule has 1 spiro atoms. The zero-order chi connectivity index (χ0) is 15.9. The number of piperidine rings is 1. The summed E-state index contributed by atoms with van der Waals surface area (Å²) in [6.45, 7) is 7.62. The van der Waals surface area contributed by atoms with Crippen molar-refractivity contribution in [1.82, 2.24) is 4.90 Å². The highest BCUT2D eigenvalue weighted by Crippen LogP contribution is 2.46.